The summed E-state index contributed by atoms with van der Waals surface area (Å²) in [4.78, 5) is 55.5. The highest BCUT2D eigenvalue weighted by Crippen LogP contribution is 2.60. The number of hydrogen-bond acceptors (Lipinski definition) is 10. The number of amides is 3. The van der Waals surface area contributed by atoms with Gasteiger partial charge in [0.05, 0.1) is 58.3 Å². The molecule has 3 aromatic carbocycles. The van der Waals surface area contributed by atoms with E-state index < -0.39 is 38.1 Å². The Bertz CT molecular complexity index is 2350. The van der Waals surface area contributed by atoms with Crippen molar-refractivity contribution < 1.29 is 50.9 Å². The molecule has 2 aliphatic heterocycles. The highest BCUT2D eigenvalue weighted by molar-refractivity contribution is 7.44. The van der Waals surface area contributed by atoms with Crippen molar-refractivity contribution in [2.24, 2.45) is 0 Å². The number of ether oxygens (including phenoxy) is 2. The predicted octanol–water partition coefficient (Wildman–Crippen LogP) is 11.0. The number of fused-ring (bicyclic) bond motifs is 6. The van der Waals surface area contributed by atoms with Crippen molar-refractivity contribution in [1.82, 2.24) is 9.99 Å². The van der Waals surface area contributed by atoms with Crippen molar-refractivity contribution in [2.45, 2.75) is 118 Å². The summed E-state index contributed by atoms with van der Waals surface area (Å²) in [7, 11) is -1.35. The fourth-order valence-electron chi connectivity index (χ4n) is 8.33. The zero-order valence-corrected chi connectivity index (χ0v) is 40.4. The lowest BCUT2D eigenvalue weighted by Crippen LogP contribution is -2.41. The lowest BCUT2D eigenvalue weighted by atomic mass is 9.76. The van der Waals surface area contributed by atoms with Crippen LogP contribution in [0.15, 0.2) is 30.3 Å². The first-order valence-electron chi connectivity index (χ1n) is 21.6. The number of halogens is 5. The van der Waals surface area contributed by atoms with Gasteiger partial charge in [0.2, 0.25) is 5.91 Å². The van der Waals surface area contributed by atoms with Crippen LogP contribution in [0.2, 0.25) is 10.0 Å². The topological polar surface area (TPSA) is 151 Å². The van der Waals surface area contributed by atoms with Crippen LogP contribution >= 0.6 is 31.7 Å². The Balaban J connectivity index is 1.47. The first-order chi connectivity index (χ1) is 30.7. The minimum Gasteiger partial charge on any atom is -0.456 e. The molecule has 3 aromatic rings. The molecule has 5 rings (SSSR count). The lowest BCUT2D eigenvalue weighted by molar-refractivity contribution is -0.170. The van der Waals surface area contributed by atoms with Crippen LogP contribution in [0.1, 0.15) is 129 Å². The van der Waals surface area contributed by atoms with Crippen molar-refractivity contribution >= 4 is 66.8 Å². The Morgan fingerprint density at radius 2 is 1.43 bits per heavy atom. The number of rotatable bonds is 19. The van der Waals surface area contributed by atoms with Gasteiger partial charge in [-0.05, 0) is 97.6 Å². The van der Waals surface area contributed by atoms with Crippen LogP contribution in [0.5, 0.6) is 11.5 Å². The molecule has 2 unspecified atom stereocenters. The van der Waals surface area contributed by atoms with Crippen molar-refractivity contribution in [3.8, 4) is 17.6 Å². The van der Waals surface area contributed by atoms with E-state index in [1.54, 1.807) is 26.0 Å². The van der Waals surface area contributed by atoms with Gasteiger partial charge >= 0.3 is 18.1 Å². The number of nitrogens with one attached hydrogen (secondary N) is 1. The molecule has 0 saturated carbocycles. The van der Waals surface area contributed by atoms with Gasteiger partial charge in [0.25, 0.3) is 14.4 Å². The first-order valence-corrected chi connectivity index (χ1v) is 23.4. The molecule has 0 bridgehead atoms. The molecule has 0 aromatic heterocycles. The normalized spacial score (nSPS) is 15.6. The molecule has 0 aliphatic carbocycles. The monoisotopic (exact) mass is 963 g/mol. The van der Waals surface area contributed by atoms with Crippen molar-refractivity contribution in [3.05, 3.63) is 79.3 Å². The van der Waals surface area contributed by atoms with Gasteiger partial charge in [0, 0.05) is 67.5 Å². The Labute approximate surface area is 389 Å². The van der Waals surface area contributed by atoms with Crippen molar-refractivity contribution in [2.75, 3.05) is 42.6 Å². The third-order valence-corrected chi connectivity index (χ3v) is 13.9. The number of anilines is 2. The van der Waals surface area contributed by atoms with Crippen molar-refractivity contribution in [3.63, 3.8) is 0 Å². The third-order valence-electron chi connectivity index (χ3n) is 11.1. The van der Waals surface area contributed by atoms with Gasteiger partial charge in [0.15, 0.2) is 5.60 Å². The SMILES string of the molecule is CCN(C(C)=O)c1cc2c(cc1C)C1(OC(=O)c3c(Cl)cc(C(=O)NCCCCCCOP(OCCC#N)N(C(C)C)C(C)C)c(Cl)c31)c1cc(C)c(N(CC)C(=O)C(F)(F)F)cc1O2. The number of nitriles is 1. The molecule has 2 heterocycles. The van der Waals surface area contributed by atoms with Crippen LogP contribution in [0, 0.1) is 25.2 Å². The van der Waals surface area contributed by atoms with Crippen LogP contribution in [0.3, 0.4) is 0 Å². The molecule has 65 heavy (non-hydrogen) atoms. The average molecular weight is 965 g/mol. The molecule has 0 saturated heterocycles. The number of esters is 1. The number of carbonyl (C=O) groups excluding carboxylic acids is 4. The number of hydrogen-bond donors (Lipinski definition) is 1. The second-order valence-electron chi connectivity index (χ2n) is 16.3. The zero-order chi connectivity index (χ0) is 48.1. The number of unbranched alkanes of at least 4 members (excludes halogenated alkanes) is 3. The van der Waals surface area contributed by atoms with E-state index >= 15 is 0 Å². The molecule has 2 aliphatic rings. The highest BCUT2D eigenvalue weighted by Gasteiger charge is 2.57. The van der Waals surface area contributed by atoms with Crippen LogP contribution < -0.4 is 19.9 Å². The minimum absolute atomic E-state index is 0.0228. The Morgan fingerprint density at radius 3 is 1.95 bits per heavy atom. The molecule has 1 N–H and O–H groups in total. The number of carbonyl (C=O) groups is 4. The van der Waals surface area contributed by atoms with Gasteiger partial charge in [-0.3, -0.25) is 14.4 Å². The third kappa shape index (κ3) is 10.6. The Hall–Kier alpha value is -4.49. The van der Waals surface area contributed by atoms with E-state index in [2.05, 4.69) is 43.8 Å². The van der Waals surface area contributed by atoms with Crippen LogP contribution in [0.25, 0.3) is 0 Å². The van der Waals surface area contributed by atoms with Gasteiger partial charge in [-0.2, -0.15) is 18.4 Å². The summed E-state index contributed by atoms with van der Waals surface area (Å²) in [6.45, 7) is 17.1. The van der Waals surface area contributed by atoms with Crippen LogP contribution in [-0.4, -0.2) is 79.5 Å². The maximum Gasteiger partial charge on any atom is 0.471 e. The summed E-state index contributed by atoms with van der Waals surface area (Å²) >= 11 is 14.1. The van der Waals surface area contributed by atoms with Gasteiger partial charge < -0.3 is 33.6 Å². The standard InChI is InChI=1S/C46H55Cl2F3N5O8P/c1-10-54(30(9)57)35-24-37-32(21-28(35)7)45(33-22-29(8)36(25-38(33)63-37)55(11-2)44(60)46(49,50)51)40-39(43(59)64-45)34(47)23-31(41(40)48)42(58)53-18-14-12-13-15-19-61-65(62-20-16-17-52)56(26(3)4)27(5)6/h21-27H,10-16,18-20H2,1-9H3,(H,53,58). The number of aryl methyl sites for hydroxylation is 2. The number of benzene rings is 3. The molecule has 0 radical (unpaired) electrons. The van der Waals surface area contributed by atoms with E-state index in [1.165, 1.54) is 43.9 Å². The van der Waals surface area contributed by atoms with Crippen molar-refractivity contribution in [1.29, 1.82) is 5.26 Å². The van der Waals surface area contributed by atoms with Crippen LogP contribution in [-0.2, 0) is 29.0 Å². The summed E-state index contributed by atoms with van der Waals surface area (Å²) in [6, 6.07) is 9.73. The van der Waals surface area contributed by atoms with E-state index in [0.29, 0.717) is 29.2 Å². The fourth-order valence-corrected chi connectivity index (χ4v) is 10.6. The molecular weight excluding hydrogens is 909 g/mol. The first kappa shape index (κ1) is 51.5. The molecule has 3 amide bonds. The molecule has 2 atom stereocenters. The second-order valence-corrected chi connectivity index (χ2v) is 18.5. The maximum absolute atomic E-state index is 14.1. The summed E-state index contributed by atoms with van der Waals surface area (Å²) in [6.07, 6.45) is -1.98. The molecule has 352 valence electrons. The van der Waals surface area contributed by atoms with E-state index in [4.69, 9.17) is 47.0 Å². The average Bonchev–Trinajstić information content (AvgIpc) is 3.54. The highest BCUT2D eigenvalue weighted by atomic mass is 35.5. The number of nitrogens with zero attached hydrogens (tertiary/aromatic N) is 4. The summed E-state index contributed by atoms with van der Waals surface area (Å²) in [5, 5.41) is 11.6. The van der Waals surface area contributed by atoms with Gasteiger partial charge in [-0.25, -0.2) is 9.46 Å². The van der Waals surface area contributed by atoms with E-state index in [9.17, 15) is 32.3 Å². The van der Waals surface area contributed by atoms with Crippen LogP contribution in [0.4, 0.5) is 24.5 Å². The second kappa shape index (κ2) is 21.4. The number of alkyl halides is 3. The smallest absolute Gasteiger partial charge is 0.456 e. The Kier molecular flexibility index (Phi) is 17.0. The maximum atomic E-state index is 14.1. The summed E-state index contributed by atoms with van der Waals surface area (Å²) in [5.41, 5.74) is -0.560. The molecule has 0 fully saturated rings. The van der Waals surface area contributed by atoms with E-state index in [-0.39, 0.29) is 111 Å². The zero-order valence-electron chi connectivity index (χ0n) is 38.0. The van der Waals surface area contributed by atoms with E-state index in [0.717, 1.165) is 19.3 Å². The van der Waals surface area contributed by atoms with Gasteiger partial charge in [0.1, 0.15) is 11.5 Å². The Morgan fingerprint density at radius 1 is 0.877 bits per heavy atom. The van der Waals surface area contributed by atoms with Gasteiger partial charge in [-0.1, -0.05) is 36.0 Å². The quantitative estimate of drug-likeness (QED) is 0.0698. The lowest BCUT2D eigenvalue weighted by Gasteiger charge is -2.39. The molecular formula is C46H55Cl2F3N5O8P. The fraction of sp³-hybridized carbons (Fsp3) is 0.500. The predicted molar refractivity (Wildman–Crippen MR) is 244 cm³/mol. The summed E-state index contributed by atoms with van der Waals surface area (Å²) < 4.78 is 68.6. The largest absolute Gasteiger partial charge is 0.471 e. The molecule has 1 spiro atoms. The molecule has 13 nitrogen and oxygen atoms in total. The van der Waals surface area contributed by atoms with Gasteiger partial charge in [-0.15, -0.1) is 0 Å². The summed E-state index contributed by atoms with van der Waals surface area (Å²) in [5.74, 6) is -3.81. The minimum atomic E-state index is -5.19. The molecule has 19 heteroatoms. The van der Waals surface area contributed by atoms with E-state index in [1.807, 2.05) is 0 Å².